The second-order valence-corrected chi connectivity index (χ2v) is 4.50. The van der Waals surface area contributed by atoms with E-state index in [4.69, 9.17) is 23.9 Å². The molecule has 0 saturated carbocycles. The van der Waals surface area contributed by atoms with Gasteiger partial charge in [-0.3, -0.25) is 0 Å². The van der Waals surface area contributed by atoms with Crippen molar-refractivity contribution in [2.75, 3.05) is 13.2 Å². The Balaban J connectivity index is 2.86. The van der Waals surface area contributed by atoms with Gasteiger partial charge < -0.3 is 20.5 Å². The summed E-state index contributed by atoms with van der Waals surface area (Å²) < 4.78 is 1.10. The van der Waals surface area contributed by atoms with Crippen LogP contribution in [0.1, 0.15) is 19.5 Å². The Morgan fingerprint density at radius 1 is 1.50 bits per heavy atom. The quantitative estimate of drug-likeness (QED) is 0.489. The zero-order chi connectivity index (χ0) is 12.4. The first kappa shape index (κ1) is 13.2. The van der Waals surface area contributed by atoms with Crippen LogP contribution >= 0.6 is 0 Å². The fourth-order valence-electron chi connectivity index (χ4n) is 1.51. The van der Waals surface area contributed by atoms with Crippen molar-refractivity contribution in [3.63, 3.8) is 0 Å². The molecule has 0 spiro atoms. The summed E-state index contributed by atoms with van der Waals surface area (Å²) in [5.41, 5.74) is 5.25. The number of aromatic nitrogens is 3. The molecule has 16 heavy (non-hydrogen) atoms. The molecule has 0 fully saturated rings. The minimum Gasteiger partial charge on any atom is -0.395 e. The van der Waals surface area contributed by atoms with Crippen LogP contribution in [-0.4, -0.2) is 59.0 Å². The van der Waals surface area contributed by atoms with E-state index in [-0.39, 0.29) is 13.2 Å². The van der Waals surface area contributed by atoms with Crippen LogP contribution in [0.15, 0.2) is 6.20 Å². The monoisotopic (exact) mass is 221 g/mol. The van der Waals surface area contributed by atoms with E-state index in [1.807, 2.05) is 13.8 Å². The van der Waals surface area contributed by atoms with Crippen molar-refractivity contribution in [2.24, 2.45) is 5.73 Å². The molecule has 4 N–H and O–H groups in total. The molecule has 1 rings (SSSR count). The van der Waals surface area contributed by atoms with Gasteiger partial charge in [0.05, 0.1) is 18.9 Å². The molecule has 0 aliphatic heterocycles. The first-order valence-corrected chi connectivity index (χ1v) is 4.88. The van der Waals surface area contributed by atoms with Crippen molar-refractivity contribution < 1.29 is 10.2 Å². The number of hydrogen-bond acceptors (Lipinski definition) is 5. The smallest absolute Gasteiger partial charge is 0.266 e. The lowest BCUT2D eigenvalue weighted by atomic mass is 9.43. The second kappa shape index (κ2) is 4.57. The lowest BCUT2D eigenvalue weighted by Gasteiger charge is -2.32. The van der Waals surface area contributed by atoms with Gasteiger partial charge in [-0.2, -0.15) is 0 Å². The summed E-state index contributed by atoms with van der Waals surface area (Å²) in [5.74, 6) is 0. The van der Waals surface area contributed by atoms with Gasteiger partial charge in [0, 0.05) is 11.6 Å². The molecule has 1 heterocycles. The zero-order valence-corrected chi connectivity index (χ0v) is 9.46. The average Bonchev–Trinajstić information content (AvgIpc) is 2.65. The number of nitrogens with two attached hydrogens (primary N) is 1. The SMILES string of the molecule is [B]n1cc(C(C)(C)[B]C(N)(CO)CO)nn1. The lowest BCUT2D eigenvalue weighted by molar-refractivity contribution is 0.167. The van der Waals surface area contributed by atoms with Gasteiger partial charge in [-0.05, 0) is 5.31 Å². The third-order valence-corrected chi connectivity index (χ3v) is 2.41. The van der Waals surface area contributed by atoms with Crippen molar-refractivity contribution >= 4 is 15.3 Å². The van der Waals surface area contributed by atoms with Crippen LogP contribution in [-0.2, 0) is 5.31 Å². The molecular formula is C8H15B2N4O2. The Kier molecular flexibility index (Phi) is 3.77. The maximum absolute atomic E-state index is 9.12. The van der Waals surface area contributed by atoms with Gasteiger partial charge in [0.25, 0.3) is 7.98 Å². The van der Waals surface area contributed by atoms with Gasteiger partial charge in [0.15, 0.2) is 7.28 Å². The van der Waals surface area contributed by atoms with Gasteiger partial charge in [0.1, 0.15) is 0 Å². The summed E-state index contributed by atoms with van der Waals surface area (Å²) in [6.07, 6.45) is 1.56. The molecule has 0 bridgehead atoms. The molecule has 0 aliphatic rings. The van der Waals surface area contributed by atoms with E-state index in [1.54, 1.807) is 13.5 Å². The zero-order valence-electron chi connectivity index (χ0n) is 9.46. The molecule has 0 amide bonds. The van der Waals surface area contributed by atoms with Crippen LogP contribution in [0.3, 0.4) is 0 Å². The molecule has 1 aromatic rings. The summed E-state index contributed by atoms with van der Waals surface area (Å²) in [4.78, 5) is 0. The normalized spacial score (nSPS) is 12.8. The molecule has 0 unspecified atom stereocenters. The molecule has 1 aromatic heterocycles. The van der Waals surface area contributed by atoms with E-state index in [0.29, 0.717) is 5.69 Å². The largest absolute Gasteiger partial charge is 0.395 e. The van der Waals surface area contributed by atoms with Gasteiger partial charge in [-0.1, -0.05) is 19.1 Å². The molecular weight excluding hydrogens is 206 g/mol. The van der Waals surface area contributed by atoms with E-state index in [1.165, 1.54) is 0 Å². The van der Waals surface area contributed by atoms with Crippen LogP contribution in [0.4, 0.5) is 0 Å². The van der Waals surface area contributed by atoms with E-state index >= 15 is 0 Å². The van der Waals surface area contributed by atoms with Gasteiger partial charge in [0.2, 0.25) is 0 Å². The number of aliphatic hydroxyl groups is 2. The standard InChI is InChI=1S/C8H15B2N4O2/c1-7(2,6-3-14(9)13-12-6)10-8(11,4-15)5-16/h3,15-16H,4-5,11H2,1-2H3. The van der Waals surface area contributed by atoms with Crippen molar-refractivity contribution in [1.29, 1.82) is 0 Å². The summed E-state index contributed by atoms with van der Waals surface area (Å²) in [6, 6.07) is 0. The molecule has 8 heteroatoms. The van der Waals surface area contributed by atoms with Crippen LogP contribution in [0.25, 0.3) is 0 Å². The highest BCUT2D eigenvalue weighted by Gasteiger charge is 2.36. The fourth-order valence-corrected chi connectivity index (χ4v) is 1.51. The maximum atomic E-state index is 9.12. The second-order valence-electron chi connectivity index (χ2n) is 4.50. The predicted octanol–water partition coefficient (Wildman–Crippen LogP) is -2.21. The van der Waals surface area contributed by atoms with Crippen LogP contribution in [0, 0.1) is 0 Å². The first-order chi connectivity index (χ1) is 7.33. The highest BCUT2D eigenvalue weighted by molar-refractivity contribution is 6.44. The van der Waals surface area contributed by atoms with Crippen molar-refractivity contribution in [1.82, 2.24) is 14.9 Å². The van der Waals surface area contributed by atoms with Crippen LogP contribution in [0.5, 0.6) is 0 Å². The highest BCUT2D eigenvalue weighted by atomic mass is 16.3. The Bertz CT molecular complexity index is 352. The van der Waals surface area contributed by atoms with Gasteiger partial charge >= 0.3 is 0 Å². The van der Waals surface area contributed by atoms with E-state index in [0.717, 1.165) is 4.59 Å². The topological polar surface area (TPSA) is 97.2 Å². The minimum absolute atomic E-state index is 0.344. The molecule has 6 nitrogen and oxygen atoms in total. The highest BCUT2D eigenvalue weighted by Crippen LogP contribution is 2.22. The molecule has 3 radical (unpaired) electrons. The number of hydrogen-bond donors (Lipinski definition) is 3. The third-order valence-electron chi connectivity index (χ3n) is 2.41. The molecule has 0 saturated heterocycles. The Morgan fingerprint density at radius 2 is 2.06 bits per heavy atom. The van der Waals surface area contributed by atoms with E-state index < -0.39 is 10.8 Å². The molecule has 85 valence electrons. The van der Waals surface area contributed by atoms with Crippen molar-refractivity contribution in [2.45, 2.75) is 24.6 Å². The molecule has 0 aliphatic carbocycles. The first-order valence-electron chi connectivity index (χ1n) is 4.88. The van der Waals surface area contributed by atoms with Gasteiger partial charge in [-0.15, -0.1) is 5.10 Å². The van der Waals surface area contributed by atoms with E-state index in [2.05, 4.69) is 10.3 Å². The Labute approximate surface area is 96.5 Å². The molecule has 0 aromatic carbocycles. The fraction of sp³-hybridized carbons (Fsp3) is 0.750. The average molecular weight is 221 g/mol. The van der Waals surface area contributed by atoms with Crippen LogP contribution < -0.4 is 5.73 Å². The lowest BCUT2D eigenvalue weighted by Crippen LogP contribution is -2.58. The van der Waals surface area contributed by atoms with Gasteiger partial charge in [-0.25, -0.2) is 0 Å². The number of nitrogens with zero attached hydrogens (tertiary/aromatic N) is 3. The number of rotatable bonds is 5. The maximum Gasteiger partial charge on any atom is 0.266 e. The Hall–Kier alpha value is -0.850. The van der Waals surface area contributed by atoms with E-state index in [9.17, 15) is 0 Å². The summed E-state index contributed by atoms with van der Waals surface area (Å²) in [6.45, 7) is 3.02. The predicted molar refractivity (Wildman–Crippen MR) is 61.0 cm³/mol. The Morgan fingerprint density at radius 3 is 2.44 bits per heavy atom. The van der Waals surface area contributed by atoms with Crippen molar-refractivity contribution in [3.8, 4) is 0 Å². The summed E-state index contributed by atoms with van der Waals surface area (Å²) in [5, 5.41) is 25.2. The summed E-state index contributed by atoms with van der Waals surface area (Å²) >= 11 is 0. The van der Waals surface area contributed by atoms with Crippen molar-refractivity contribution in [3.05, 3.63) is 11.9 Å². The summed E-state index contributed by atoms with van der Waals surface area (Å²) in [7, 11) is 7.05. The minimum atomic E-state index is -1.15. The molecule has 0 atom stereocenters. The van der Waals surface area contributed by atoms with Crippen LogP contribution in [0.2, 0.25) is 0 Å². The number of aliphatic hydroxyl groups excluding tert-OH is 2. The third kappa shape index (κ3) is 2.84.